The smallest absolute Gasteiger partial charge is 0.314 e. The van der Waals surface area contributed by atoms with Gasteiger partial charge in [0.1, 0.15) is 11.4 Å². The Kier molecular flexibility index (Phi) is 5.41. The number of ether oxygens (including phenoxy) is 2. The van der Waals surface area contributed by atoms with Crippen LogP contribution in [0.5, 0.6) is 5.75 Å². The number of ketones is 1. The van der Waals surface area contributed by atoms with E-state index in [0.29, 0.717) is 24.2 Å². The quantitative estimate of drug-likeness (QED) is 0.437. The average molecular weight is 373 g/mol. The van der Waals surface area contributed by atoms with Gasteiger partial charge in [-0.05, 0) is 56.9 Å². The molecule has 6 heteroatoms. The first-order valence-electron chi connectivity index (χ1n) is 8.63. The normalized spacial score (nSPS) is 15.8. The summed E-state index contributed by atoms with van der Waals surface area (Å²) < 4.78 is 12.5. The van der Waals surface area contributed by atoms with Crippen molar-refractivity contribution >= 4 is 23.5 Å². The van der Waals surface area contributed by atoms with Crippen LogP contribution in [-0.2, 0) is 16.1 Å². The number of esters is 1. The monoisotopic (exact) mass is 373 g/mol. The Morgan fingerprint density at radius 3 is 2.50 bits per heavy atom. The molecule has 0 N–H and O–H groups in total. The van der Waals surface area contributed by atoms with Gasteiger partial charge in [-0.1, -0.05) is 0 Å². The van der Waals surface area contributed by atoms with E-state index in [0.717, 1.165) is 16.3 Å². The van der Waals surface area contributed by atoms with E-state index in [1.54, 1.807) is 12.1 Å². The van der Waals surface area contributed by atoms with E-state index in [-0.39, 0.29) is 23.8 Å². The molecule has 2 heterocycles. The van der Waals surface area contributed by atoms with Gasteiger partial charge in [-0.25, -0.2) is 0 Å². The van der Waals surface area contributed by atoms with E-state index in [1.807, 2.05) is 42.9 Å². The predicted octanol–water partition coefficient (Wildman–Crippen LogP) is 3.89. The lowest BCUT2D eigenvalue weighted by atomic mass is 10.1. The molecular weight excluding hydrogens is 350 g/mol. The van der Waals surface area contributed by atoms with Crippen molar-refractivity contribution < 1.29 is 19.1 Å². The first kappa shape index (κ1) is 18.6. The molecule has 2 aromatic rings. The van der Waals surface area contributed by atoms with E-state index in [1.165, 1.54) is 18.9 Å². The van der Waals surface area contributed by atoms with Gasteiger partial charge in [-0.3, -0.25) is 9.59 Å². The second-order valence-electron chi connectivity index (χ2n) is 6.52. The minimum absolute atomic E-state index is 0.0396. The lowest BCUT2D eigenvalue weighted by Gasteiger charge is -2.11. The number of hydrogen-bond acceptors (Lipinski definition) is 5. The molecule has 1 aromatic heterocycles. The molecule has 138 valence electrons. The minimum Gasteiger partial charge on any atom is -0.491 e. The highest BCUT2D eigenvalue weighted by Crippen LogP contribution is 2.37. The van der Waals surface area contributed by atoms with Crippen molar-refractivity contribution in [2.45, 2.75) is 43.7 Å². The van der Waals surface area contributed by atoms with E-state index >= 15 is 0 Å². The zero-order valence-corrected chi connectivity index (χ0v) is 16.3. The minimum atomic E-state index is -0.297. The molecule has 1 unspecified atom stereocenters. The van der Waals surface area contributed by atoms with Crippen LogP contribution < -0.4 is 4.74 Å². The molecule has 0 aliphatic carbocycles. The number of thioether (sulfide) groups is 1. The van der Waals surface area contributed by atoms with Gasteiger partial charge in [-0.2, -0.15) is 0 Å². The van der Waals surface area contributed by atoms with Gasteiger partial charge < -0.3 is 14.0 Å². The fourth-order valence-corrected chi connectivity index (χ4v) is 3.98. The van der Waals surface area contributed by atoms with Crippen molar-refractivity contribution in [3.05, 3.63) is 47.3 Å². The molecule has 0 saturated carbocycles. The third-order valence-electron chi connectivity index (χ3n) is 4.50. The van der Waals surface area contributed by atoms with Crippen LogP contribution in [0.15, 0.2) is 35.2 Å². The molecule has 0 fully saturated rings. The number of carbonyl (C=O) groups is 2. The Balaban J connectivity index is 1.94. The number of aromatic nitrogens is 1. The van der Waals surface area contributed by atoms with E-state index in [4.69, 9.17) is 9.47 Å². The molecule has 1 aromatic carbocycles. The molecule has 26 heavy (non-hydrogen) atoms. The van der Waals surface area contributed by atoms with Crippen LogP contribution >= 0.6 is 11.8 Å². The second kappa shape index (κ2) is 7.58. The summed E-state index contributed by atoms with van der Waals surface area (Å²) in [6.45, 7) is 4.57. The topological polar surface area (TPSA) is 57.5 Å². The highest BCUT2D eigenvalue weighted by atomic mass is 32.2. The molecule has 1 atom stereocenters. The number of hydrogen-bond donors (Lipinski definition) is 0. The SMILES string of the molecule is COC(=O)C1CCn2c1cc(SC)c2C(=O)c1ccc(OC(C)C)cc1. The largest absolute Gasteiger partial charge is 0.491 e. The molecule has 0 amide bonds. The van der Waals surface area contributed by atoms with Crippen molar-refractivity contribution in [2.24, 2.45) is 0 Å². The summed E-state index contributed by atoms with van der Waals surface area (Å²) in [5, 5.41) is 0. The Bertz CT molecular complexity index is 823. The predicted molar refractivity (Wildman–Crippen MR) is 101 cm³/mol. The van der Waals surface area contributed by atoms with Crippen LogP contribution in [0.4, 0.5) is 0 Å². The number of methoxy groups -OCH3 is 1. The van der Waals surface area contributed by atoms with Crippen molar-refractivity contribution in [3.8, 4) is 5.75 Å². The number of carbonyl (C=O) groups excluding carboxylic acids is 2. The van der Waals surface area contributed by atoms with E-state index in [9.17, 15) is 9.59 Å². The highest BCUT2D eigenvalue weighted by molar-refractivity contribution is 7.98. The summed E-state index contributed by atoms with van der Waals surface area (Å²) in [5.74, 6) is 0.160. The van der Waals surface area contributed by atoms with Crippen LogP contribution in [0.3, 0.4) is 0 Å². The molecule has 0 spiro atoms. The Hall–Kier alpha value is -2.21. The summed E-state index contributed by atoms with van der Waals surface area (Å²) in [4.78, 5) is 26.0. The van der Waals surface area contributed by atoms with Crippen LogP contribution in [0.1, 0.15) is 47.9 Å². The maximum atomic E-state index is 13.1. The number of nitrogens with zero attached hydrogens (tertiary/aromatic N) is 1. The van der Waals surface area contributed by atoms with Gasteiger partial charge in [0.25, 0.3) is 0 Å². The Morgan fingerprint density at radius 2 is 1.92 bits per heavy atom. The molecular formula is C20H23NO4S. The van der Waals surface area contributed by atoms with Gasteiger partial charge in [0.2, 0.25) is 5.78 Å². The molecule has 3 rings (SSSR count). The molecule has 5 nitrogen and oxygen atoms in total. The van der Waals surface area contributed by atoms with Crippen molar-refractivity contribution in [1.29, 1.82) is 0 Å². The van der Waals surface area contributed by atoms with E-state index in [2.05, 4.69) is 0 Å². The van der Waals surface area contributed by atoms with Crippen LogP contribution in [-0.4, -0.2) is 35.8 Å². The number of benzene rings is 1. The average Bonchev–Trinajstić information content (AvgIpc) is 3.19. The maximum Gasteiger partial charge on any atom is 0.314 e. The molecule has 0 bridgehead atoms. The lowest BCUT2D eigenvalue weighted by molar-refractivity contribution is -0.142. The Labute approximate surface area is 157 Å². The molecule has 0 saturated heterocycles. The highest BCUT2D eigenvalue weighted by Gasteiger charge is 2.34. The van der Waals surface area contributed by atoms with Gasteiger partial charge in [-0.15, -0.1) is 11.8 Å². The fraction of sp³-hybridized carbons (Fsp3) is 0.400. The fourth-order valence-electron chi connectivity index (χ4n) is 3.34. The summed E-state index contributed by atoms with van der Waals surface area (Å²) in [5.41, 5.74) is 2.12. The van der Waals surface area contributed by atoms with Crippen LogP contribution in [0.2, 0.25) is 0 Å². The lowest BCUT2D eigenvalue weighted by Crippen LogP contribution is -2.12. The number of fused-ring (bicyclic) bond motifs is 1. The van der Waals surface area contributed by atoms with Crippen molar-refractivity contribution in [3.63, 3.8) is 0 Å². The summed E-state index contributed by atoms with van der Waals surface area (Å²) in [6.07, 6.45) is 2.69. The third kappa shape index (κ3) is 3.38. The zero-order valence-electron chi connectivity index (χ0n) is 15.4. The van der Waals surface area contributed by atoms with Crippen molar-refractivity contribution in [1.82, 2.24) is 4.57 Å². The molecule has 0 radical (unpaired) electrons. The first-order chi connectivity index (χ1) is 12.5. The van der Waals surface area contributed by atoms with E-state index < -0.39 is 0 Å². The standard InChI is InChI=1S/C20H23NO4S/c1-12(2)25-14-7-5-13(6-8-14)19(22)18-17(26-4)11-16-15(20(23)24-3)9-10-21(16)18/h5-8,11-12,15H,9-10H2,1-4H3. The zero-order chi connectivity index (χ0) is 18.8. The molecule has 1 aliphatic rings. The molecule has 1 aliphatic heterocycles. The second-order valence-corrected chi connectivity index (χ2v) is 7.37. The summed E-state index contributed by atoms with van der Waals surface area (Å²) >= 11 is 1.52. The van der Waals surface area contributed by atoms with Crippen molar-refractivity contribution in [2.75, 3.05) is 13.4 Å². The van der Waals surface area contributed by atoms with Gasteiger partial charge in [0.15, 0.2) is 0 Å². The van der Waals surface area contributed by atoms with Gasteiger partial charge in [0.05, 0.1) is 19.1 Å². The third-order valence-corrected chi connectivity index (χ3v) is 5.25. The van der Waals surface area contributed by atoms with Gasteiger partial charge in [0, 0.05) is 22.7 Å². The van der Waals surface area contributed by atoms with Crippen LogP contribution in [0, 0.1) is 0 Å². The number of rotatable bonds is 6. The van der Waals surface area contributed by atoms with Gasteiger partial charge >= 0.3 is 5.97 Å². The summed E-state index contributed by atoms with van der Waals surface area (Å²) in [7, 11) is 1.40. The van der Waals surface area contributed by atoms with Crippen LogP contribution in [0.25, 0.3) is 0 Å². The first-order valence-corrected chi connectivity index (χ1v) is 9.85. The Morgan fingerprint density at radius 1 is 1.23 bits per heavy atom. The summed E-state index contributed by atoms with van der Waals surface area (Å²) in [6, 6.07) is 9.16. The maximum absolute atomic E-state index is 13.1.